The Balaban J connectivity index is 2.48. The fourth-order valence-electron chi connectivity index (χ4n) is 1.86. The Bertz CT molecular complexity index is 869. The highest BCUT2D eigenvalue weighted by atomic mass is 79.9. The maximum absolute atomic E-state index is 13.8. The van der Waals surface area contributed by atoms with E-state index in [0.717, 1.165) is 19.2 Å². The first-order chi connectivity index (χ1) is 10.7. The molecule has 0 bridgehead atoms. The van der Waals surface area contributed by atoms with Crippen molar-refractivity contribution >= 4 is 37.6 Å². The zero-order chi connectivity index (χ0) is 17.2. The molecule has 0 amide bonds. The van der Waals surface area contributed by atoms with Crippen molar-refractivity contribution in [3.63, 3.8) is 0 Å². The Morgan fingerprint density at radius 1 is 1.30 bits per heavy atom. The first kappa shape index (κ1) is 17.2. The minimum atomic E-state index is -4.18. The lowest BCUT2D eigenvalue weighted by Crippen LogP contribution is -2.15. The molecule has 0 radical (unpaired) electrons. The summed E-state index contributed by atoms with van der Waals surface area (Å²) in [6.07, 6.45) is 0. The highest BCUT2D eigenvalue weighted by Crippen LogP contribution is 2.32. The van der Waals surface area contributed by atoms with Gasteiger partial charge in [0.25, 0.3) is 10.0 Å². The highest BCUT2D eigenvalue weighted by Gasteiger charge is 2.23. The number of halogens is 2. The number of carbonyl (C=O) groups is 1. The largest absolute Gasteiger partial charge is 0.492 e. The van der Waals surface area contributed by atoms with Gasteiger partial charge in [0.05, 0.1) is 12.7 Å². The van der Waals surface area contributed by atoms with Crippen molar-refractivity contribution < 1.29 is 27.4 Å². The molecule has 0 heterocycles. The highest BCUT2D eigenvalue weighted by molar-refractivity contribution is 9.10. The molecule has 0 aliphatic heterocycles. The van der Waals surface area contributed by atoms with Gasteiger partial charge in [-0.25, -0.2) is 17.6 Å². The van der Waals surface area contributed by atoms with Crippen molar-refractivity contribution in [1.29, 1.82) is 0 Å². The number of carboxylic acid groups (broad SMARTS) is 1. The summed E-state index contributed by atoms with van der Waals surface area (Å²) in [6.45, 7) is 0. The first-order valence-electron chi connectivity index (χ1n) is 6.14. The molecule has 6 nitrogen and oxygen atoms in total. The molecule has 122 valence electrons. The Morgan fingerprint density at radius 3 is 2.61 bits per heavy atom. The van der Waals surface area contributed by atoms with Crippen LogP contribution >= 0.6 is 15.9 Å². The second-order valence-electron chi connectivity index (χ2n) is 4.41. The number of rotatable bonds is 5. The van der Waals surface area contributed by atoms with E-state index in [2.05, 4.69) is 20.7 Å². The molecule has 0 saturated heterocycles. The van der Waals surface area contributed by atoms with Crippen molar-refractivity contribution in [2.75, 3.05) is 11.8 Å². The predicted octanol–water partition coefficient (Wildman–Crippen LogP) is 3.10. The Hall–Kier alpha value is -2.13. The van der Waals surface area contributed by atoms with Gasteiger partial charge in [-0.15, -0.1) is 0 Å². The average molecular weight is 404 g/mol. The van der Waals surface area contributed by atoms with Gasteiger partial charge in [-0.3, -0.25) is 4.72 Å². The van der Waals surface area contributed by atoms with Crippen molar-refractivity contribution in [1.82, 2.24) is 0 Å². The summed E-state index contributed by atoms with van der Waals surface area (Å²) >= 11 is 3.02. The van der Waals surface area contributed by atoms with Gasteiger partial charge in [-0.2, -0.15) is 0 Å². The zero-order valence-corrected chi connectivity index (χ0v) is 14.1. The van der Waals surface area contributed by atoms with Gasteiger partial charge in [0.15, 0.2) is 11.6 Å². The summed E-state index contributed by atoms with van der Waals surface area (Å²) < 4.78 is 45.9. The number of hydrogen-bond acceptors (Lipinski definition) is 4. The minimum Gasteiger partial charge on any atom is -0.492 e. The molecule has 0 aliphatic rings. The summed E-state index contributed by atoms with van der Waals surface area (Å²) in [7, 11) is -3.03. The molecule has 2 aromatic carbocycles. The van der Waals surface area contributed by atoms with Crippen molar-refractivity contribution in [3.05, 3.63) is 52.3 Å². The zero-order valence-electron chi connectivity index (χ0n) is 11.7. The summed E-state index contributed by atoms with van der Waals surface area (Å²) in [5.41, 5.74) is -0.0510. The fraction of sp³-hybridized carbons (Fsp3) is 0.0714. The molecule has 9 heteroatoms. The van der Waals surface area contributed by atoms with Crippen LogP contribution in [0, 0.1) is 5.82 Å². The number of sulfonamides is 1. The lowest BCUT2D eigenvalue weighted by molar-refractivity contribution is 0.0697. The summed E-state index contributed by atoms with van der Waals surface area (Å²) in [5.74, 6) is -2.48. The molecule has 0 unspecified atom stereocenters. The topological polar surface area (TPSA) is 92.7 Å². The van der Waals surface area contributed by atoms with Crippen molar-refractivity contribution in [2.45, 2.75) is 4.90 Å². The summed E-state index contributed by atoms with van der Waals surface area (Å²) in [5, 5.41) is 8.93. The van der Waals surface area contributed by atoms with Crippen LogP contribution in [0.3, 0.4) is 0 Å². The summed E-state index contributed by atoms with van der Waals surface area (Å²) in [6, 6.07) is 7.50. The van der Waals surface area contributed by atoms with E-state index in [4.69, 9.17) is 9.84 Å². The van der Waals surface area contributed by atoms with Crippen LogP contribution < -0.4 is 9.46 Å². The Labute approximate surface area is 140 Å². The Morgan fingerprint density at radius 2 is 2.00 bits per heavy atom. The molecule has 2 rings (SSSR count). The monoisotopic (exact) mass is 403 g/mol. The number of aromatic carboxylic acids is 1. The normalized spacial score (nSPS) is 11.1. The maximum atomic E-state index is 13.8. The summed E-state index contributed by atoms with van der Waals surface area (Å²) in [4.78, 5) is 10.5. The molecule has 23 heavy (non-hydrogen) atoms. The van der Waals surface area contributed by atoms with Crippen LogP contribution in [0.25, 0.3) is 0 Å². The smallest absolute Gasteiger partial charge is 0.335 e. The maximum Gasteiger partial charge on any atom is 0.335 e. The number of carboxylic acids is 1. The standard InChI is InChI=1S/C14H11BrFNO5S/c1-22-13-11(16)6-9(15)7-12(13)23(20,21)17-10-4-2-3-8(5-10)14(18)19/h2-7,17H,1H3,(H,18,19). The van der Waals surface area contributed by atoms with Crippen molar-refractivity contribution in [3.8, 4) is 5.75 Å². The first-order valence-corrected chi connectivity index (χ1v) is 8.41. The quantitative estimate of drug-likeness (QED) is 0.799. The van der Waals surface area contributed by atoms with E-state index in [9.17, 15) is 17.6 Å². The molecule has 0 atom stereocenters. The van der Waals surface area contributed by atoms with E-state index in [1.807, 2.05) is 0 Å². The number of nitrogens with one attached hydrogen (secondary N) is 1. The second kappa shape index (κ2) is 6.55. The predicted molar refractivity (Wildman–Crippen MR) is 84.9 cm³/mol. The van der Waals surface area contributed by atoms with Gasteiger partial charge >= 0.3 is 5.97 Å². The van der Waals surface area contributed by atoms with E-state index in [1.165, 1.54) is 24.3 Å². The number of ether oxygens (including phenoxy) is 1. The molecule has 0 aromatic heterocycles. The molecule has 2 N–H and O–H groups in total. The van der Waals surface area contributed by atoms with Gasteiger partial charge in [-0.1, -0.05) is 22.0 Å². The van der Waals surface area contributed by atoms with E-state index in [0.29, 0.717) is 0 Å². The van der Waals surface area contributed by atoms with Crippen LogP contribution in [0.15, 0.2) is 45.8 Å². The van der Waals surface area contributed by atoms with E-state index >= 15 is 0 Å². The Kier molecular flexibility index (Phi) is 4.90. The van der Waals surface area contributed by atoms with Gasteiger partial charge in [0.1, 0.15) is 4.90 Å². The molecule has 0 saturated carbocycles. The third kappa shape index (κ3) is 3.80. The van der Waals surface area contributed by atoms with Crippen LogP contribution in [0.1, 0.15) is 10.4 Å². The van der Waals surface area contributed by atoms with E-state index < -0.39 is 32.5 Å². The van der Waals surface area contributed by atoms with E-state index in [-0.39, 0.29) is 15.7 Å². The van der Waals surface area contributed by atoms with Gasteiger partial charge in [0.2, 0.25) is 0 Å². The van der Waals surface area contributed by atoms with Crippen LogP contribution in [-0.2, 0) is 10.0 Å². The van der Waals surface area contributed by atoms with Gasteiger partial charge < -0.3 is 9.84 Å². The molecule has 2 aromatic rings. The van der Waals surface area contributed by atoms with Crippen molar-refractivity contribution in [2.24, 2.45) is 0 Å². The van der Waals surface area contributed by atoms with E-state index in [1.54, 1.807) is 0 Å². The SMILES string of the molecule is COc1c(F)cc(Br)cc1S(=O)(=O)Nc1cccc(C(=O)O)c1. The third-order valence-electron chi connectivity index (χ3n) is 2.83. The molecular formula is C14H11BrFNO5S. The number of methoxy groups -OCH3 is 1. The molecule has 0 spiro atoms. The average Bonchev–Trinajstić information content (AvgIpc) is 2.46. The lowest BCUT2D eigenvalue weighted by atomic mass is 10.2. The van der Waals surface area contributed by atoms with Gasteiger partial charge in [-0.05, 0) is 30.3 Å². The number of benzene rings is 2. The molecule has 0 aliphatic carbocycles. The van der Waals surface area contributed by atoms with Crippen LogP contribution in [0.4, 0.5) is 10.1 Å². The van der Waals surface area contributed by atoms with Crippen LogP contribution in [0.5, 0.6) is 5.75 Å². The van der Waals surface area contributed by atoms with Crippen LogP contribution in [0.2, 0.25) is 0 Å². The lowest BCUT2D eigenvalue weighted by Gasteiger charge is -2.13. The fourth-order valence-corrected chi connectivity index (χ4v) is 3.70. The van der Waals surface area contributed by atoms with Crippen LogP contribution in [-0.4, -0.2) is 26.6 Å². The minimum absolute atomic E-state index is 0.0346. The molecular weight excluding hydrogens is 393 g/mol. The molecule has 0 fully saturated rings. The number of anilines is 1. The third-order valence-corrected chi connectivity index (χ3v) is 4.67. The second-order valence-corrected chi connectivity index (χ2v) is 6.98. The number of hydrogen-bond donors (Lipinski definition) is 2. The van der Waals surface area contributed by atoms with Gasteiger partial charge in [0, 0.05) is 10.2 Å².